The first-order valence-electron chi connectivity index (χ1n) is 7.47. The normalized spacial score (nSPS) is 13.7. The molecule has 0 saturated carbocycles. The molecule has 3 rings (SSSR count). The molecule has 24 heavy (non-hydrogen) atoms. The molecule has 3 aromatic rings. The number of fused-ring (bicyclic) bond motifs is 1. The molecule has 0 saturated heterocycles. The van der Waals surface area contributed by atoms with Gasteiger partial charge in [0.05, 0.1) is 30.4 Å². The molecule has 8 heteroatoms. The van der Waals surface area contributed by atoms with E-state index in [1.807, 2.05) is 20.0 Å². The van der Waals surface area contributed by atoms with Gasteiger partial charge in [0, 0.05) is 12.4 Å². The van der Waals surface area contributed by atoms with E-state index in [0.717, 1.165) is 16.7 Å². The molecule has 0 aliphatic rings. The van der Waals surface area contributed by atoms with Crippen molar-refractivity contribution in [2.24, 2.45) is 7.05 Å². The molecular formula is C16H19N5O3. The predicted molar refractivity (Wildman–Crippen MR) is 88.5 cm³/mol. The monoisotopic (exact) mass is 329 g/mol. The molecule has 0 radical (unpaired) electrons. The van der Waals surface area contributed by atoms with E-state index in [4.69, 9.17) is 4.42 Å². The second-order valence-corrected chi connectivity index (χ2v) is 5.86. The van der Waals surface area contributed by atoms with E-state index in [1.165, 1.54) is 6.26 Å². The number of hydrogen-bond donors (Lipinski definition) is 3. The Morgan fingerprint density at radius 3 is 3.00 bits per heavy atom. The molecule has 0 aliphatic carbocycles. The molecule has 3 heterocycles. The summed E-state index contributed by atoms with van der Waals surface area (Å²) in [5, 5.41) is 20.8. The summed E-state index contributed by atoms with van der Waals surface area (Å²) in [5.74, 6) is 0.386. The summed E-state index contributed by atoms with van der Waals surface area (Å²) in [6.07, 6.45) is 3.04. The van der Waals surface area contributed by atoms with Gasteiger partial charge in [-0.2, -0.15) is 5.10 Å². The molecule has 126 valence electrons. The lowest BCUT2D eigenvalue weighted by molar-refractivity contribution is 0.0372. The third-order valence-electron chi connectivity index (χ3n) is 3.77. The van der Waals surface area contributed by atoms with Crippen molar-refractivity contribution in [1.82, 2.24) is 20.1 Å². The maximum atomic E-state index is 12.0. The highest BCUT2D eigenvalue weighted by Crippen LogP contribution is 2.21. The molecule has 0 spiro atoms. The molecule has 1 unspecified atom stereocenters. The van der Waals surface area contributed by atoms with E-state index in [2.05, 4.69) is 20.7 Å². The highest BCUT2D eigenvalue weighted by atomic mass is 16.4. The van der Waals surface area contributed by atoms with Crippen LogP contribution in [0.4, 0.5) is 10.5 Å². The van der Waals surface area contributed by atoms with Crippen molar-refractivity contribution in [3.8, 4) is 0 Å². The molecule has 1 atom stereocenters. The zero-order chi connectivity index (χ0) is 17.3. The van der Waals surface area contributed by atoms with Crippen LogP contribution >= 0.6 is 0 Å². The second kappa shape index (κ2) is 5.97. The lowest BCUT2D eigenvalue weighted by Gasteiger charge is -2.21. The van der Waals surface area contributed by atoms with Gasteiger partial charge in [-0.15, -0.1) is 0 Å². The number of hydrogen-bond acceptors (Lipinski definition) is 5. The van der Waals surface area contributed by atoms with Gasteiger partial charge in [-0.3, -0.25) is 4.68 Å². The largest absolute Gasteiger partial charge is 0.466 e. The molecule has 3 N–H and O–H groups in total. The summed E-state index contributed by atoms with van der Waals surface area (Å²) in [6.45, 7) is 3.46. The van der Waals surface area contributed by atoms with Gasteiger partial charge >= 0.3 is 6.03 Å². The van der Waals surface area contributed by atoms with E-state index in [1.54, 1.807) is 29.9 Å². The van der Waals surface area contributed by atoms with E-state index >= 15 is 0 Å². The van der Waals surface area contributed by atoms with Crippen LogP contribution in [0.25, 0.3) is 11.0 Å². The lowest BCUT2D eigenvalue weighted by atomic mass is 10.0. The Hall–Kier alpha value is -2.87. The van der Waals surface area contributed by atoms with Gasteiger partial charge in [0.2, 0.25) is 0 Å². The number of nitrogens with one attached hydrogen (secondary N) is 2. The third kappa shape index (κ3) is 3.09. The fourth-order valence-corrected chi connectivity index (χ4v) is 2.48. The third-order valence-corrected chi connectivity index (χ3v) is 3.77. The average Bonchev–Trinajstić information content (AvgIpc) is 3.16. The van der Waals surface area contributed by atoms with Crippen molar-refractivity contribution in [2.75, 3.05) is 11.9 Å². The number of amides is 2. The van der Waals surface area contributed by atoms with Crippen LogP contribution in [0.15, 0.2) is 35.1 Å². The second-order valence-electron chi connectivity index (χ2n) is 5.86. The topological polar surface area (TPSA) is 105 Å². The summed E-state index contributed by atoms with van der Waals surface area (Å²) in [4.78, 5) is 16.3. The first kappa shape index (κ1) is 16.0. The van der Waals surface area contributed by atoms with Gasteiger partial charge in [-0.1, -0.05) is 0 Å². The van der Waals surface area contributed by atoms with Crippen molar-refractivity contribution in [3.63, 3.8) is 0 Å². The maximum absolute atomic E-state index is 12.0. The van der Waals surface area contributed by atoms with Gasteiger partial charge in [0.25, 0.3) is 0 Å². The van der Waals surface area contributed by atoms with Gasteiger partial charge in [-0.05, 0) is 32.0 Å². The van der Waals surface area contributed by atoms with Crippen molar-refractivity contribution in [1.29, 1.82) is 0 Å². The minimum absolute atomic E-state index is 0.00788. The minimum Gasteiger partial charge on any atom is -0.466 e. The number of pyridine rings is 1. The van der Waals surface area contributed by atoms with E-state index in [9.17, 15) is 9.90 Å². The number of aryl methyl sites for hydroxylation is 2. The zero-order valence-electron chi connectivity index (χ0n) is 13.7. The van der Waals surface area contributed by atoms with Crippen LogP contribution in [0.5, 0.6) is 0 Å². The lowest BCUT2D eigenvalue weighted by Crippen LogP contribution is -2.40. The van der Waals surface area contributed by atoms with Gasteiger partial charge in [-0.25, -0.2) is 9.78 Å². The summed E-state index contributed by atoms with van der Waals surface area (Å²) < 4.78 is 6.86. The number of urea groups is 1. The first-order chi connectivity index (χ1) is 11.4. The van der Waals surface area contributed by atoms with Crippen LogP contribution in [-0.4, -0.2) is 32.4 Å². The number of carbonyl (C=O) groups excluding carboxylic acids is 1. The smallest absolute Gasteiger partial charge is 0.319 e. The maximum Gasteiger partial charge on any atom is 0.319 e. The number of aromatic nitrogens is 3. The Labute approximate surface area is 138 Å². The molecule has 8 nitrogen and oxygen atoms in total. The number of anilines is 1. The Balaban J connectivity index is 1.66. The zero-order valence-corrected chi connectivity index (χ0v) is 13.7. The van der Waals surface area contributed by atoms with Gasteiger partial charge in [0.1, 0.15) is 11.4 Å². The molecule has 3 aromatic heterocycles. The highest BCUT2D eigenvalue weighted by Gasteiger charge is 2.26. The quantitative estimate of drug-likeness (QED) is 0.678. The number of furan rings is 1. The van der Waals surface area contributed by atoms with Crippen LogP contribution in [-0.2, 0) is 12.6 Å². The molecule has 0 aromatic carbocycles. The fraction of sp³-hybridized carbons (Fsp3) is 0.312. The van der Waals surface area contributed by atoms with E-state index < -0.39 is 11.6 Å². The van der Waals surface area contributed by atoms with Crippen LogP contribution in [0.1, 0.15) is 18.4 Å². The Morgan fingerprint density at radius 2 is 2.29 bits per heavy atom. The van der Waals surface area contributed by atoms with E-state index in [0.29, 0.717) is 11.4 Å². The fourth-order valence-electron chi connectivity index (χ4n) is 2.48. The van der Waals surface area contributed by atoms with Crippen LogP contribution in [0.3, 0.4) is 0 Å². The number of aliphatic hydroxyl groups is 1. The molecule has 0 fully saturated rings. The number of nitrogens with zero attached hydrogens (tertiary/aromatic N) is 3. The molecular weight excluding hydrogens is 310 g/mol. The SMILES string of the molecule is Cc1nn(C)c2ncc(NC(=O)NCC(C)(O)c3ccco3)cc12. The van der Waals surface area contributed by atoms with Crippen molar-refractivity contribution in [3.05, 3.63) is 42.1 Å². The Morgan fingerprint density at radius 1 is 1.50 bits per heavy atom. The summed E-state index contributed by atoms with van der Waals surface area (Å²) in [7, 11) is 1.82. The van der Waals surface area contributed by atoms with E-state index in [-0.39, 0.29) is 6.54 Å². The summed E-state index contributed by atoms with van der Waals surface area (Å²) in [5.41, 5.74) is 0.848. The standard InChI is InChI=1S/C16H19N5O3/c1-10-12-7-11(8-17-14(12)21(3)20-10)19-15(22)18-9-16(2,23)13-5-4-6-24-13/h4-8,23H,9H2,1-3H3,(H2,18,19,22). The molecule has 0 bridgehead atoms. The summed E-state index contributed by atoms with van der Waals surface area (Å²) >= 11 is 0. The first-order valence-corrected chi connectivity index (χ1v) is 7.47. The van der Waals surface area contributed by atoms with Crippen molar-refractivity contribution >= 4 is 22.8 Å². The minimum atomic E-state index is -1.29. The Bertz CT molecular complexity index is 867. The van der Waals surface area contributed by atoms with Gasteiger partial charge in [0.15, 0.2) is 5.65 Å². The summed E-state index contributed by atoms with van der Waals surface area (Å²) in [6, 6.07) is 4.71. The molecule has 2 amide bonds. The number of carbonyl (C=O) groups is 1. The molecule has 0 aliphatic heterocycles. The van der Waals surface area contributed by atoms with Crippen molar-refractivity contribution < 1.29 is 14.3 Å². The average molecular weight is 329 g/mol. The predicted octanol–water partition coefficient (Wildman–Crippen LogP) is 1.90. The van der Waals surface area contributed by atoms with Crippen LogP contribution in [0, 0.1) is 6.92 Å². The van der Waals surface area contributed by atoms with Gasteiger partial charge < -0.3 is 20.2 Å². The van der Waals surface area contributed by atoms with Crippen LogP contribution < -0.4 is 10.6 Å². The Kier molecular flexibility index (Phi) is 3.98. The number of rotatable bonds is 4. The van der Waals surface area contributed by atoms with Crippen LogP contribution in [0.2, 0.25) is 0 Å². The van der Waals surface area contributed by atoms with Crippen molar-refractivity contribution in [2.45, 2.75) is 19.4 Å². The highest BCUT2D eigenvalue weighted by molar-refractivity contribution is 5.92.